The maximum Gasteiger partial charge on any atom is 0.0701 e. The van der Waals surface area contributed by atoms with Crippen LogP contribution in [0.4, 0.5) is 0 Å². The van der Waals surface area contributed by atoms with Crippen LogP contribution in [-0.2, 0) is 0 Å². The molecule has 1 fully saturated rings. The Labute approximate surface area is 120 Å². The van der Waals surface area contributed by atoms with Gasteiger partial charge in [0.05, 0.1) is 9.83 Å². The summed E-state index contributed by atoms with van der Waals surface area (Å²) < 4.78 is 1.14. The Bertz CT molecular complexity index is 528. The Balaban J connectivity index is 1.79. The van der Waals surface area contributed by atoms with Crippen LogP contribution in [0.5, 0.6) is 0 Å². The molecule has 94 valence electrons. The summed E-state index contributed by atoms with van der Waals surface area (Å²) in [6.45, 7) is 0. The van der Waals surface area contributed by atoms with Gasteiger partial charge in [0.25, 0.3) is 0 Å². The minimum Gasteiger partial charge on any atom is -0.320 e. The average Bonchev–Trinajstić information content (AvgIpc) is 2.74. The summed E-state index contributed by atoms with van der Waals surface area (Å²) in [4.78, 5) is 0. The van der Waals surface area contributed by atoms with Gasteiger partial charge in [-0.1, -0.05) is 30.7 Å². The van der Waals surface area contributed by atoms with Crippen LogP contribution in [0.25, 0.3) is 0 Å². The Kier molecular flexibility index (Phi) is 3.55. The molecule has 0 radical (unpaired) electrons. The second-order valence-electron chi connectivity index (χ2n) is 4.96. The van der Waals surface area contributed by atoms with Gasteiger partial charge in [0.15, 0.2) is 0 Å². The van der Waals surface area contributed by atoms with Crippen molar-refractivity contribution in [2.45, 2.75) is 31.2 Å². The predicted molar refractivity (Wildman–Crippen MR) is 81.1 cm³/mol. The lowest BCUT2D eigenvalue weighted by atomic mass is 9.80. The first-order chi connectivity index (χ1) is 8.74. The van der Waals surface area contributed by atoms with Crippen molar-refractivity contribution in [3.05, 3.63) is 56.2 Å². The van der Waals surface area contributed by atoms with Crippen molar-refractivity contribution in [3.63, 3.8) is 0 Å². The topological polar surface area (TPSA) is 26.0 Å². The quantitative estimate of drug-likeness (QED) is 0.861. The van der Waals surface area contributed by atoms with Crippen LogP contribution < -0.4 is 5.73 Å². The van der Waals surface area contributed by atoms with Crippen LogP contribution in [-0.4, -0.2) is 0 Å². The highest BCUT2D eigenvalue weighted by atomic mass is 79.9. The standard InChI is InChI=1S/C15H16BrNS/c16-14-8-13(9-18-14)15(17)12-6-4-11(5-7-12)10-2-1-3-10/h4-10,15H,1-3,17H2. The molecule has 1 aliphatic carbocycles. The van der Waals surface area contributed by atoms with Crippen molar-refractivity contribution in [2.75, 3.05) is 0 Å². The Morgan fingerprint density at radius 3 is 2.39 bits per heavy atom. The molecular weight excluding hydrogens is 306 g/mol. The van der Waals surface area contributed by atoms with Crippen molar-refractivity contribution in [1.82, 2.24) is 0 Å². The van der Waals surface area contributed by atoms with E-state index >= 15 is 0 Å². The highest BCUT2D eigenvalue weighted by Crippen LogP contribution is 2.37. The first kappa shape index (κ1) is 12.4. The molecule has 3 heteroatoms. The molecule has 1 aromatic carbocycles. The van der Waals surface area contributed by atoms with Crippen LogP contribution in [0.2, 0.25) is 0 Å². The lowest BCUT2D eigenvalue weighted by Gasteiger charge is -2.26. The number of thiophene rings is 1. The third kappa shape index (κ3) is 2.40. The first-order valence-corrected chi connectivity index (χ1v) is 8.00. The van der Waals surface area contributed by atoms with Gasteiger partial charge in [-0.25, -0.2) is 0 Å². The molecule has 1 aromatic heterocycles. The molecule has 1 nitrogen and oxygen atoms in total. The van der Waals surface area contributed by atoms with Crippen molar-refractivity contribution < 1.29 is 0 Å². The van der Waals surface area contributed by atoms with Crippen LogP contribution >= 0.6 is 27.3 Å². The van der Waals surface area contributed by atoms with Gasteiger partial charge in [0.2, 0.25) is 0 Å². The fourth-order valence-electron chi connectivity index (χ4n) is 2.40. The zero-order chi connectivity index (χ0) is 12.5. The van der Waals surface area contributed by atoms with E-state index in [1.54, 1.807) is 11.3 Å². The van der Waals surface area contributed by atoms with Crippen LogP contribution in [0.15, 0.2) is 39.5 Å². The van der Waals surface area contributed by atoms with E-state index in [1.807, 2.05) is 0 Å². The van der Waals surface area contributed by atoms with Crippen LogP contribution in [0.1, 0.15) is 47.9 Å². The molecule has 2 aromatic rings. The summed E-state index contributed by atoms with van der Waals surface area (Å²) in [7, 11) is 0. The summed E-state index contributed by atoms with van der Waals surface area (Å²) >= 11 is 5.17. The normalized spacial score (nSPS) is 17.4. The molecule has 1 aliphatic rings. The molecule has 2 N–H and O–H groups in total. The van der Waals surface area contributed by atoms with Gasteiger partial charge in [-0.15, -0.1) is 11.3 Å². The van der Waals surface area contributed by atoms with Crippen molar-refractivity contribution >= 4 is 27.3 Å². The van der Waals surface area contributed by atoms with E-state index in [0.29, 0.717) is 0 Å². The van der Waals surface area contributed by atoms with Crippen molar-refractivity contribution in [3.8, 4) is 0 Å². The predicted octanol–water partition coefficient (Wildman–Crippen LogP) is 4.83. The fourth-order valence-corrected chi connectivity index (χ4v) is 3.61. The van der Waals surface area contributed by atoms with Crippen molar-refractivity contribution in [2.24, 2.45) is 5.73 Å². The summed E-state index contributed by atoms with van der Waals surface area (Å²) in [6, 6.07) is 11.0. The van der Waals surface area contributed by atoms with Gasteiger partial charge in [-0.3, -0.25) is 0 Å². The van der Waals surface area contributed by atoms with E-state index in [-0.39, 0.29) is 6.04 Å². The molecule has 0 spiro atoms. The number of nitrogens with two attached hydrogens (primary N) is 1. The monoisotopic (exact) mass is 321 g/mol. The van der Waals surface area contributed by atoms with Gasteiger partial charge in [0, 0.05) is 0 Å². The molecule has 1 unspecified atom stereocenters. The third-order valence-electron chi connectivity index (χ3n) is 3.82. The summed E-state index contributed by atoms with van der Waals surface area (Å²) in [5, 5.41) is 2.12. The largest absolute Gasteiger partial charge is 0.320 e. The highest BCUT2D eigenvalue weighted by Gasteiger charge is 2.19. The molecule has 3 rings (SSSR count). The van der Waals surface area contributed by atoms with Crippen LogP contribution in [0.3, 0.4) is 0 Å². The maximum absolute atomic E-state index is 6.29. The SMILES string of the molecule is NC(c1ccc(C2CCC2)cc1)c1csc(Br)c1. The molecule has 18 heavy (non-hydrogen) atoms. The van der Waals surface area contributed by atoms with Gasteiger partial charge in [-0.05, 0) is 62.8 Å². The highest BCUT2D eigenvalue weighted by molar-refractivity contribution is 9.11. The molecular formula is C15H16BrNS. The van der Waals surface area contributed by atoms with E-state index in [1.165, 1.54) is 36.0 Å². The summed E-state index contributed by atoms with van der Waals surface area (Å²) in [5.41, 5.74) is 10.1. The number of benzene rings is 1. The molecule has 0 aliphatic heterocycles. The second kappa shape index (κ2) is 5.16. The Morgan fingerprint density at radius 2 is 1.89 bits per heavy atom. The minimum absolute atomic E-state index is 0.0111. The number of halogens is 1. The lowest BCUT2D eigenvalue weighted by Crippen LogP contribution is -2.12. The van der Waals surface area contributed by atoms with Gasteiger partial charge < -0.3 is 5.73 Å². The van der Waals surface area contributed by atoms with E-state index in [0.717, 1.165) is 9.70 Å². The Hall–Kier alpha value is -0.640. The number of hydrogen-bond acceptors (Lipinski definition) is 2. The first-order valence-electron chi connectivity index (χ1n) is 6.33. The summed E-state index contributed by atoms with van der Waals surface area (Å²) in [6.07, 6.45) is 4.08. The zero-order valence-corrected chi connectivity index (χ0v) is 12.5. The summed E-state index contributed by atoms with van der Waals surface area (Å²) in [5.74, 6) is 0.797. The van der Waals surface area contributed by atoms with E-state index in [9.17, 15) is 0 Å². The maximum atomic E-state index is 6.29. The number of rotatable bonds is 3. The fraction of sp³-hybridized carbons (Fsp3) is 0.333. The smallest absolute Gasteiger partial charge is 0.0701 e. The molecule has 0 bridgehead atoms. The molecule has 1 atom stereocenters. The molecule has 1 saturated carbocycles. The molecule has 1 heterocycles. The lowest BCUT2D eigenvalue weighted by molar-refractivity contribution is 0.419. The minimum atomic E-state index is -0.0111. The van der Waals surface area contributed by atoms with Gasteiger partial charge in [-0.2, -0.15) is 0 Å². The average molecular weight is 322 g/mol. The van der Waals surface area contributed by atoms with Gasteiger partial charge >= 0.3 is 0 Å². The van der Waals surface area contributed by atoms with Crippen molar-refractivity contribution in [1.29, 1.82) is 0 Å². The third-order valence-corrected chi connectivity index (χ3v) is 5.34. The number of hydrogen-bond donors (Lipinski definition) is 1. The molecule has 0 saturated heterocycles. The van der Waals surface area contributed by atoms with E-state index in [2.05, 4.69) is 51.6 Å². The van der Waals surface area contributed by atoms with E-state index in [4.69, 9.17) is 5.73 Å². The van der Waals surface area contributed by atoms with Crippen LogP contribution in [0, 0.1) is 0 Å². The Morgan fingerprint density at radius 1 is 1.17 bits per heavy atom. The van der Waals surface area contributed by atoms with E-state index < -0.39 is 0 Å². The van der Waals surface area contributed by atoms with Gasteiger partial charge in [0.1, 0.15) is 0 Å². The second-order valence-corrected chi connectivity index (χ2v) is 7.25. The zero-order valence-electron chi connectivity index (χ0n) is 10.1. The molecule has 0 amide bonds.